The first-order valence-corrected chi connectivity index (χ1v) is 9.52. The number of fused-ring (bicyclic) bond motifs is 1. The Bertz CT molecular complexity index is 885. The number of thiophene rings is 1. The van der Waals surface area contributed by atoms with Crippen LogP contribution in [0, 0.1) is 6.92 Å². The van der Waals surface area contributed by atoms with Crippen LogP contribution in [0.5, 0.6) is 0 Å². The molecule has 6 nitrogen and oxygen atoms in total. The summed E-state index contributed by atoms with van der Waals surface area (Å²) in [4.78, 5) is 27.9. The van der Waals surface area contributed by atoms with Crippen molar-refractivity contribution < 1.29 is 14.7 Å². The Morgan fingerprint density at radius 2 is 1.96 bits per heavy atom. The molecule has 1 aromatic carbocycles. The van der Waals surface area contributed by atoms with Gasteiger partial charge in [-0.3, -0.25) is 4.79 Å². The van der Waals surface area contributed by atoms with E-state index in [4.69, 9.17) is 5.11 Å². The summed E-state index contributed by atoms with van der Waals surface area (Å²) in [7, 11) is 3.97. The normalized spacial score (nSPS) is 13.5. The zero-order valence-corrected chi connectivity index (χ0v) is 16.5. The SMILES string of the molecule is Cc1c(NC(=O)/C=C/c2ccc(N(C)C)cc2)sc2c1CCN(C(=O)O)C2. The molecule has 0 saturated carbocycles. The zero-order valence-electron chi connectivity index (χ0n) is 15.7. The van der Waals surface area contributed by atoms with Gasteiger partial charge in [0.1, 0.15) is 0 Å². The van der Waals surface area contributed by atoms with Gasteiger partial charge in [-0.25, -0.2) is 4.79 Å². The highest BCUT2D eigenvalue weighted by atomic mass is 32.1. The second-order valence-corrected chi connectivity index (χ2v) is 7.83. The van der Waals surface area contributed by atoms with Gasteiger partial charge in [0.2, 0.25) is 5.91 Å². The minimum Gasteiger partial charge on any atom is -0.465 e. The predicted molar refractivity (Wildman–Crippen MR) is 110 cm³/mol. The van der Waals surface area contributed by atoms with E-state index in [9.17, 15) is 9.59 Å². The van der Waals surface area contributed by atoms with E-state index < -0.39 is 6.09 Å². The summed E-state index contributed by atoms with van der Waals surface area (Å²) in [5.74, 6) is -0.191. The van der Waals surface area contributed by atoms with Crippen molar-refractivity contribution in [3.05, 3.63) is 51.9 Å². The van der Waals surface area contributed by atoms with E-state index in [1.807, 2.05) is 50.2 Å². The monoisotopic (exact) mass is 385 g/mol. The lowest BCUT2D eigenvalue weighted by atomic mass is 10.0. The van der Waals surface area contributed by atoms with Crippen molar-refractivity contribution >= 4 is 40.1 Å². The van der Waals surface area contributed by atoms with E-state index in [0.29, 0.717) is 19.5 Å². The van der Waals surface area contributed by atoms with Gasteiger partial charge in [0.05, 0.1) is 11.5 Å². The van der Waals surface area contributed by atoms with E-state index >= 15 is 0 Å². The molecule has 142 valence electrons. The standard InChI is InChI=1S/C20H23N3O3S/c1-13-16-10-11-23(20(25)26)12-17(16)27-19(13)21-18(24)9-6-14-4-7-15(8-5-14)22(2)3/h4-9H,10-12H2,1-3H3,(H,21,24)(H,25,26)/b9-6+. The number of amides is 2. The van der Waals surface area contributed by atoms with Crippen LogP contribution in [0.2, 0.25) is 0 Å². The molecule has 1 aliphatic heterocycles. The molecule has 1 aliphatic rings. The molecule has 2 N–H and O–H groups in total. The van der Waals surface area contributed by atoms with Crippen LogP contribution in [-0.2, 0) is 17.8 Å². The molecule has 1 aromatic heterocycles. The molecule has 2 amide bonds. The van der Waals surface area contributed by atoms with Crippen LogP contribution in [0.4, 0.5) is 15.5 Å². The molecule has 2 aromatic rings. The average molecular weight is 385 g/mol. The number of rotatable bonds is 4. The van der Waals surface area contributed by atoms with Crippen LogP contribution >= 0.6 is 11.3 Å². The van der Waals surface area contributed by atoms with Crippen LogP contribution in [0.25, 0.3) is 6.08 Å². The Hall–Kier alpha value is -2.80. The van der Waals surface area contributed by atoms with Crippen molar-refractivity contribution in [3.8, 4) is 0 Å². The third-order valence-corrected chi connectivity index (χ3v) is 5.90. The molecule has 0 spiro atoms. The molecule has 0 aliphatic carbocycles. The molecule has 0 atom stereocenters. The maximum atomic E-state index is 12.3. The van der Waals surface area contributed by atoms with Crippen molar-refractivity contribution in [1.82, 2.24) is 4.90 Å². The Balaban J connectivity index is 1.67. The van der Waals surface area contributed by atoms with Crippen molar-refractivity contribution in [2.24, 2.45) is 0 Å². The van der Waals surface area contributed by atoms with E-state index in [-0.39, 0.29) is 5.91 Å². The second-order valence-electron chi connectivity index (χ2n) is 6.72. The Kier molecular flexibility index (Phi) is 5.51. The second kappa shape index (κ2) is 7.84. The fourth-order valence-corrected chi connectivity index (χ4v) is 4.33. The van der Waals surface area contributed by atoms with Crippen molar-refractivity contribution in [2.45, 2.75) is 19.9 Å². The number of hydrogen-bond acceptors (Lipinski definition) is 4. The molecule has 2 heterocycles. The minimum atomic E-state index is -0.902. The van der Waals surface area contributed by atoms with Crippen LogP contribution in [0.15, 0.2) is 30.3 Å². The number of carboxylic acid groups (broad SMARTS) is 1. The lowest BCUT2D eigenvalue weighted by Gasteiger charge is -2.24. The third kappa shape index (κ3) is 4.31. The molecular weight excluding hydrogens is 362 g/mol. The lowest BCUT2D eigenvalue weighted by Crippen LogP contribution is -2.34. The zero-order chi connectivity index (χ0) is 19.6. The van der Waals surface area contributed by atoms with Crippen molar-refractivity contribution in [3.63, 3.8) is 0 Å². The van der Waals surface area contributed by atoms with Crippen molar-refractivity contribution in [1.29, 1.82) is 0 Å². The van der Waals surface area contributed by atoms with Crippen LogP contribution in [0.1, 0.15) is 21.6 Å². The van der Waals surface area contributed by atoms with E-state index in [0.717, 1.165) is 32.3 Å². The molecule has 0 unspecified atom stereocenters. The Labute approximate surface area is 162 Å². The molecule has 0 saturated heterocycles. The number of carbonyl (C=O) groups is 2. The number of benzene rings is 1. The molecule has 3 rings (SSSR count). The summed E-state index contributed by atoms with van der Waals surface area (Å²) in [6.45, 7) is 2.86. The average Bonchev–Trinajstić information content (AvgIpc) is 2.95. The summed E-state index contributed by atoms with van der Waals surface area (Å²) in [6, 6.07) is 7.94. The highest BCUT2D eigenvalue weighted by molar-refractivity contribution is 7.16. The summed E-state index contributed by atoms with van der Waals surface area (Å²) in [5.41, 5.74) is 4.26. The number of hydrogen-bond donors (Lipinski definition) is 2. The van der Waals surface area contributed by atoms with Crippen LogP contribution in [-0.4, -0.2) is 42.6 Å². The van der Waals surface area contributed by atoms with Crippen LogP contribution < -0.4 is 10.2 Å². The highest BCUT2D eigenvalue weighted by Gasteiger charge is 2.25. The van der Waals surface area contributed by atoms with Gasteiger partial charge in [-0.2, -0.15) is 0 Å². The maximum Gasteiger partial charge on any atom is 0.407 e. The first kappa shape index (κ1) is 19.0. The van der Waals surface area contributed by atoms with E-state index in [1.54, 1.807) is 6.08 Å². The summed E-state index contributed by atoms with van der Waals surface area (Å²) in [5, 5.41) is 12.9. The van der Waals surface area contributed by atoms with Gasteiger partial charge in [0.15, 0.2) is 0 Å². The summed E-state index contributed by atoms with van der Waals surface area (Å²) >= 11 is 1.46. The van der Waals surface area contributed by atoms with Gasteiger partial charge in [-0.1, -0.05) is 12.1 Å². The Morgan fingerprint density at radius 3 is 2.59 bits per heavy atom. The van der Waals surface area contributed by atoms with Gasteiger partial charge >= 0.3 is 6.09 Å². The van der Waals surface area contributed by atoms with E-state index in [2.05, 4.69) is 5.32 Å². The first-order chi connectivity index (χ1) is 12.8. The topological polar surface area (TPSA) is 72.9 Å². The van der Waals surface area contributed by atoms with Gasteiger partial charge in [0.25, 0.3) is 0 Å². The largest absolute Gasteiger partial charge is 0.465 e. The molecule has 0 fully saturated rings. The minimum absolute atomic E-state index is 0.191. The van der Waals surface area contributed by atoms with Gasteiger partial charge in [0, 0.05) is 37.3 Å². The molecule has 0 radical (unpaired) electrons. The lowest BCUT2D eigenvalue weighted by molar-refractivity contribution is -0.111. The smallest absolute Gasteiger partial charge is 0.407 e. The van der Waals surface area contributed by atoms with E-state index in [1.165, 1.54) is 22.3 Å². The molecular formula is C20H23N3O3S. The van der Waals surface area contributed by atoms with Crippen LogP contribution in [0.3, 0.4) is 0 Å². The fraction of sp³-hybridized carbons (Fsp3) is 0.300. The number of nitrogens with zero attached hydrogens (tertiary/aromatic N) is 2. The summed E-state index contributed by atoms with van der Waals surface area (Å²) in [6.07, 6.45) is 3.09. The molecule has 7 heteroatoms. The van der Waals surface area contributed by atoms with Gasteiger partial charge < -0.3 is 20.2 Å². The summed E-state index contributed by atoms with van der Waals surface area (Å²) < 4.78 is 0. The number of nitrogens with one attached hydrogen (secondary N) is 1. The highest BCUT2D eigenvalue weighted by Crippen LogP contribution is 2.36. The molecule has 0 bridgehead atoms. The maximum absolute atomic E-state index is 12.3. The third-order valence-electron chi connectivity index (χ3n) is 4.67. The van der Waals surface area contributed by atoms with Gasteiger partial charge in [-0.05, 0) is 48.2 Å². The number of anilines is 2. The predicted octanol–water partition coefficient (Wildman–Crippen LogP) is 3.81. The quantitative estimate of drug-likeness (QED) is 0.785. The Morgan fingerprint density at radius 1 is 1.26 bits per heavy atom. The van der Waals surface area contributed by atoms with Gasteiger partial charge in [-0.15, -0.1) is 11.3 Å². The molecule has 27 heavy (non-hydrogen) atoms. The first-order valence-electron chi connectivity index (χ1n) is 8.70. The fourth-order valence-electron chi connectivity index (χ4n) is 3.05. The number of carbonyl (C=O) groups excluding carboxylic acids is 1. The van der Waals surface area contributed by atoms with Crippen molar-refractivity contribution in [2.75, 3.05) is 30.9 Å².